The van der Waals surface area contributed by atoms with Gasteiger partial charge in [-0.05, 0) is 33.6 Å². The SMILES string of the molecule is CC(C)(C)OC(=O)C[C@H]1C/C=C\C[C@@H](CC(=O)NCCO)C(=O)NCCOC1=O. The van der Waals surface area contributed by atoms with Crippen LogP contribution in [0, 0.1) is 11.8 Å². The maximum absolute atomic E-state index is 12.3. The molecular weight excluding hydrogens is 380 g/mol. The fraction of sp³-hybridized carbons (Fsp3) is 0.700. The van der Waals surface area contributed by atoms with Crippen molar-refractivity contribution in [3.63, 3.8) is 0 Å². The normalized spacial score (nSPS) is 22.3. The molecule has 1 heterocycles. The molecule has 0 fully saturated rings. The highest BCUT2D eigenvalue weighted by atomic mass is 16.6. The second-order valence-corrected chi connectivity index (χ2v) is 7.86. The maximum atomic E-state index is 12.3. The quantitative estimate of drug-likeness (QED) is 0.427. The molecule has 0 aromatic carbocycles. The van der Waals surface area contributed by atoms with Crippen LogP contribution < -0.4 is 10.6 Å². The van der Waals surface area contributed by atoms with Gasteiger partial charge in [-0.15, -0.1) is 0 Å². The molecule has 0 unspecified atom stereocenters. The van der Waals surface area contributed by atoms with Crippen molar-refractivity contribution in [3.05, 3.63) is 12.2 Å². The zero-order chi connectivity index (χ0) is 21.9. The number of aliphatic hydroxyl groups excluding tert-OH is 1. The van der Waals surface area contributed by atoms with Crippen LogP contribution in [-0.4, -0.2) is 60.8 Å². The molecular formula is C20H32N2O7. The Morgan fingerprint density at radius 1 is 1.21 bits per heavy atom. The molecule has 3 N–H and O–H groups in total. The third-order valence-electron chi connectivity index (χ3n) is 4.06. The third kappa shape index (κ3) is 10.6. The highest BCUT2D eigenvalue weighted by molar-refractivity contribution is 5.86. The molecule has 0 saturated carbocycles. The number of nitrogens with one attached hydrogen (secondary N) is 2. The van der Waals surface area contributed by atoms with Gasteiger partial charge in [0.05, 0.1) is 31.4 Å². The van der Waals surface area contributed by atoms with Crippen LogP contribution in [0.4, 0.5) is 0 Å². The number of allylic oxidation sites excluding steroid dienone is 2. The molecule has 9 heteroatoms. The van der Waals surface area contributed by atoms with Crippen LogP contribution in [-0.2, 0) is 28.7 Å². The molecule has 0 saturated heterocycles. The molecule has 0 aromatic rings. The zero-order valence-corrected chi connectivity index (χ0v) is 17.4. The minimum atomic E-state index is -0.678. The summed E-state index contributed by atoms with van der Waals surface area (Å²) in [4.78, 5) is 48.5. The van der Waals surface area contributed by atoms with E-state index < -0.39 is 29.4 Å². The summed E-state index contributed by atoms with van der Waals surface area (Å²) < 4.78 is 10.5. The second-order valence-electron chi connectivity index (χ2n) is 7.86. The van der Waals surface area contributed by atoms with Crippen molar-refractivity contribution in [2.24, 2.45) is 11.8 Å². The monoisotopic (exact) mass is 412 g/mol. The Morgan fingerprint density at radius 3 is 2.48 bits per heavy atom. The summed E-state index contributed by atoms with van der Waals surface area (Å²) in [6.45, 7) is 5.31. The minimum absolute atomic E-state index is 0.0166. The number of hydrogen-bond acceptors (Lipinski definition) is 7. The number of aliphatic hydroxyl groups is 1. The van der Waals surface area contributed by atoms with Gasteiger partial charge in [0, 0.05) is 13.0 Å². The lowest BCUT2D eigenvalue weighted by Crippen LogP contribution is -2.37. The molecule has 164 valence electrons. The zero-order valence-electron chi connectivity index (χ0n) is 17.4. The van der Waals surface area contributed by atoms with Gasteiger partial charge in [-0.3, -0.25) is 19.2 Å². The Bertz CT molecular complexity index is 610. The van der Waals surface area contributed by atoms with Gasteiger partial charge >= 0.3 is 11.9 Å². The van der Waals surface area contributed by atoms with E-state index in [1.54, 1.807) is 32.9 Å². The Labute approximate surface area is 171 Å². The smallest absolute Gasteiger partial charge is 0.309 e. The van der Waals surface area contributed by atoms with E-state index in [-0.39, 0.29) is 57.4 Å². The molecule has 1 aliphatic heterocycles. The molecule has 0 bridgehead atoms. The summed E-state index contributed by atoms with van der Waals surface area (Å²) in [5.74, 6) is -2.89. The van der Waals surface area contributed by atoms with E-state index >= 15 is 0 Å². The number of ether oxygens (including phenoxy) is 2. The molecule has 1 aliphatic rings. The summed E-state index contributed by atoms with van der Waals surface area (Å²) in [7, 11) is 0. The second kappa shape index (κ2) is 12.2. The lowest BCUT2D eigenvalue weighted by molar-refractivity contribution is -0.161. The van der Waals surface area contributed by atoms with Crippen molar-refractivity contribution in [2.75, 3.05) is 26.3 Å². The van der Waals surface area contributed by atoms with Crippen molar-refractivity contribution in [3.8, 4) is 0 Å². The molecule has 2 atom stereocenters. The average molecular weight is 412 g/mol. The van der Waals surface area contributed by atoms with E-state index in [9.17, 15) is 19.2 Å². The largest absolute Gasteiger partial charge is 0.464 e. The van der Waals surface area contributed by atoms with Gasteiger partial charge in [0.25, 0.3) is 0 Å². The van der Waals surface area contributed by atoms with Gasteiger partial charge in [-0.1, -0.05) is 12.2 Å². The molecule has 2 amide bonds. The number of cyclic esters (lactones) is 1. The van der Waals surface area contributed by atoms with Crippen LogP contribution in [0.2, 0.25) is 0 Å². The predicted octanol–water partition coefficient (Wildman–Crippen LogP) is 0.459. The van der Waals surface area contributed by atoms with Gasteiger partial charge < -0.3 is 25.2 Å². The first-order chi connectivity index (χ1) is 13.6. The number of carbonyl (C=O) groups excluding carboxylic acids is 4. The third-order valence-corrected chi connectivity index (χ3v) is 4.06. The van der Waals surface area contributed by atoms with Crippen molar-refractivity contribution in [2.45, 2.75) is 52.1 Å². The topological polar surface area (TPSA) is 131 Å². The number of rotatable bonds is 6. The summed E-state index contributed by atoms with van der Waals surface area (Å²) in [6.07, 6.45) is 3.90. The minimum Gasteiger partial charge on any atom is -0.464 e. The van der Waals surface area contributed by atoms with Crippen molar-refractivity contribution in [1.82, 2.24) is 10.6 Å². The first-order valence-electron chi connectivity index (χ1n) is 9.81. The number of hydrogen-bond donors (Lipinski definition) is 3. The molecule has 9 nitrogen and oxygen atoms in total. The molecule has 1 rings (SSSR count). The molecule has 29 heavy (non-hydrogen) atoms. The Kier molecular flexibility index (Phi) is 10.4. The van der Waals surface area contributed by atoms with E-state index in [2.05, 4.69) is 10.6 Å². The Balaban J connectivity index is 2.76. The predicted molar refractivity (Wildman–Crippen MR) is 104 cm³/mol. The number of carbonyl (C=O) groups is 4. The summed E-state index contributed by atoms with van der Waals surface area (Å²) in [5, 5.41) is 13.9. The number of esters is 2. The van der Waals surface area contributed by atoms with E-state index in [0.717, 1.165) is 0 Å². The van der Waals surface area contributed by atoms with E-state index in [1.165, 1.54) is 0 Å². The van der Waals surface area contributed by atoms with Crippen molar-refractivity contribution < 1.29 is 33.8 Å². The Hall–Kier alpha value is -2.42. The van der Waals surface area contributed by atoms with Gasteiger partial charge in [-0.25, -0.2) is 0 Å². The summed E-state index contributed by atoms with van der Waals surface area (Å²) >= 11 is 0. The van der Waals surface area contributed by atoms with Crippen molar-refractivity contribution in [1.29, 1.82) is 0 Å². The highest BCUT2D eigenvalue weighted by Crippen LogP contribution is 2.18. The first-order valence-corrected chi connectivity index (χ1v) is 9.81. The van der Waals surface area contributed by atoms with Gasteiger partial charge in [0.15, 0.2) is 0 Å². The van der Waals surface area contributed by atoms with Gasteiger partial charge in [0.2, 0.25) is 11.8 Å². The highest BCUT2D eigenvalue weighted by Gasteiger charge is 2.27. The molecule has 0 aromatic heterocycles. The molecule has 0 aliphatic carbocycles. The summed E-state index contributed by atoms with van der Waals surface area (Å²) in [6, 6.07) is 0. The molecule has 0 spiro atoms. The van der Waals surface area contributed by atoms with Crippen LogP contribution >= 0.6 is 0 Å². The number of amides is 2. The fourth-order valence-corrected chi connectivity index (χ4v) is 2.73. The lowest BCUT2D eigenvalue weighted by Gasteiger charge is -2.22. The average Bonchev–Trinajstić information content (AvgIpc) is 2.62. The molecule has 0 radical (unpaired) electrons. The van der Waals surface area contributed by atoms with Crippen LogP contribution in [0.5, 0.6) is 0 Å². The van der Waals surface area contributed by atoms with Crippen molar-refractivity contribution >= 4 is 23.8 Å². The summed E-state index contributed by atoms with van der Waals surface area (Å²) in [5.41, 5.74) is -0.643. The van der Waals surface area contributed by atoms with Crippen LogP contribution in [0.1, 0.15) is 46.5 Å². The van der Waals surface area contributed by atoms with E-state index in [1.807, 2.05) is 0 Å². The van der Waals surface area contributed by atoms with Gasteiger partial charge in [0.1, 0.15) is 12.2 Å². The van der Waals surface area contributed by atoms with Gasteiger partial charge in [-0.2, -0.15) is 0 Å². The van der Waals surface area contributed by atoms with Crippen LogP contribution in [0.15, 0.2) is 12.2 Å². The Morgan fingerprint density at radius 2 is 1.86 bits per heavy atom. The fourth-order valence-electron chi connectivity index (χ4n) is 2.73. The standard InChI is InChI=1S/C20H32N2O7/c1-20(2,3)29-17(25)13-15-7-5-4-6-14(12-16(24)21-8-10-23)18(26)22-9-11-28-19(15)27/h4-5,14-15,23H,6-13H2,1-3H3,(H,21,24)(H,22,26)/b5-4-/t14-,15+/m0/s1. The first kappa shape index (κ1) is 24.6. The maximum Gasteiger partial charge on any atom is 0.309 e. The van der Waals surface area contributed by atoms with E-state index in [4.69, 9.17) is 14.6 Å². The van der Waals surface area contributed by atoms with Crippen LogP contribution in [0.3, 0.4) is 0 Å². The van der Waals surface area contributed by atoms with Crippen LogP contribution in [0.25, 0.3) is 0 Å². The lowest BCUT2D eigenvalue weighted by atomic mass is 9.97. The van der Waals surface area contributed by atoms with E-state index in [0.29, 0.717) is 6.42 Å².